The van der Waals surface area contributed by atoms with Crippen molar-refractivity contribution in [3.63, 3.8) is 0 Å². The first-order valence-corrected chi connectivity index (χ1v) is 6.00. The maximum absolute atomic E-state index is 12.4. The maximum Gasteiger partial charge on any atom is 0.293 e. The van der Waals surface area contributed by atoms with Crippen molar-refractivity contribution < 1.29 is 14.3 Å². The monoisotopic (exact) mass is 252 g/mol. The zero-order valence-corrected chi connectivity index (χ0v) is 11.2. The third-order valence-electron chi connectivity index (χ3n) is 2.78. The molecule has 1 fully saturated rings. The van der Waals surface area contributed by atoms with Gasteiger partial charge in [-0.3, -0.25) is 9.59 Å². The standard InChI is InChI=1S/C13H20N2O3/c1-13(2,3)10(4-5-11(14)16)12(17)15-6-8-18-9-7-15/h10H,6-9H2,1-3H3,(H2,14,16). The van der Waals surface area contributed by atoms with Gasteiger partial charge in [0.1, 0.15) is 5.92 Å². The summed E-state index contributed by atoms with van der Waals surface area (Å²) in [5.74, 6) is 3.69. The molecular weight excluding hydrogens is 232 g/mol. The first-order chi connectivity index (χ1) is 8.32. The number of ether oxygens (including phenoxy) is 1. The molecular formula is C13H20N2O3. The van der Waals surface area contributed by atoms with Gasteiger partial charge in [0, 0.05) is 13.1 Å². The zero-order chi connectivity index (χ0) is 13.8. The van der Waals surface area contributed by atoms with Crippen LogP contribution in [0.25, 0.3) is 0 Å². The summed E-state index contributed by atoms with van der Waals surface area (Å²) in [5.41, 5.74) is 4.67. The van der Waals surface area contributed by atoms with Crippen molar-refractivity contribution >= 4 is 11.8 Å². The fourth-order valence-electron chi connectivity index (χ4n) is 1.76. The number of hydrogen-bond donors (Lipinski definition) is 1. The molecule has 1 atom stereocenters. The van der Waals surface area contributed by atoms with Gasteiger partial charge in [-0.2, -0.15) is 0 Å². The molecule has 1 aliphatic heterocycles. The lowest BCUT2D eigenvalue weighted by Crippen LogP contribution is -2.46. The smallest absolute Gasteiger partial charge is 0.293 e. The van der Waals surface area contributed by atoms with E-state index in [1.807, 2.05) is 20.8 Å². The van der Waals surface area contributed by atoms with Gasteiger partial charge in [0.25, 0.3) is 5.91 Å². The quantitative estimate of drug-likeness (QED) is 0.667. The Labute approximate surface area is 108 Å². The van der Waals surface area contributed by atoms with Crippen LogP contribution in [0.5, 0.6) is 0 Å². The van der Waals surface area contributed by atoms with Crippen LogP contribution < -0.4 is 5.73 Å². The number of carbonyl (C=O) groups excluding carboxylic acids is 2. The van der Waals surface area contributed by atoms with Gasteiger partial charge >= 0.3 is 0 Å². The molecule has 1 rings (SSSR count). The Morgan fingerprint density at radius 1 is 1.28 bits per heavy atom. The normalized spacial score (nSPS) is 17.6. The Morgan fingerprint density at radius 2 is 1.83 bits per heavy atom. The van der Waals surface area contributed by atoms with Crippen molar-refractivity contribution in [2.24, 2.45) is 17.1 Å². The Kier molecular flexibility index (Phi) is 4.74. The molecule has 18 heavy (non-hydrogen) atoms. The van der Waals surface area contributed by atoms with E-state index in [9.17, 15) is 9.59 Å². The van der Waals surface area contributed by atoms with Crippen molar-refractivity contribution in [1.82, 2.24) is 4.90 Å². The van der Waals surface area contributed by atoms with E-state index in [1.54, 1.807) is 4.90 Å². The van der Waals surface area contributed by atoms with Gasteiger partial charge in [0.2, 0.25) is 5.91 Å². The van der Waals surface area contributed by atoms with E-state index in [4.69, 9.17) is 10.5 Å². The van der Waals surface area contributed by atoms with Crippen LogP contribution in [0.2, 0.25) is 0 Å². The highest BCUT2D eigenvalue weighted by molar-refractivity contribution is 5.93. The number of rotatable bonds is 1. The summed E-state index contributed by atoms with van der Waals surface area (Å²) in [6.07, 6.45) is 0. The fourth-order valence-corrected chi connectivity index (χ4v) is 1.76. The molecule has 0 aromatic heterocycles. The average molecular weight is 252 g/mol. The second-order valence-corrected chi connectivity index (χ2v) is 5.37. The van der Waals surface area contributed by atoms with Crippen LogP contribution in [0, 0.1) is 23.2 Å². The van der Waals surface area contributed by atoms with Crippen molar-refractivity contribution in [2.75, 3.05) is 26.3 Å². The van der Waals surface area contributed by atoms with E-state index in [0.717, 1.165) is 0 Å². The van der Waals surface area contributed by atoms with Crippen LogP contribution in [0.3, 0.4) is 0 Å². The minimum Gasteiger partial charge on any atom is -0.378 e. The molecule has 0 bridgehead atoms. The second kappa shape index (κ2) is 5.87. The molecule has 0 spiro atoms. The molecule has 5 nitrogen and oxygen atoms in total. The van der Waals surface area contributed by atoms with Gasteiger partial charge in [-0.25, -0.2) is 0 Å². The van der Waals surface area contributed by atoms with E-state index in [-0.39, 0.29) is 11.3 Å². The molecule has 0 saturated carbocycles. The summed E-state index contributed by atoms with van der Waals surface area (Å²) in [7, 11) is 0. The fraction of sp³-hybridized carbons (Fsp3) is 0.692. The van der Waals surface area contributed by atoms with Crippen LogP contribution in [0.4, 0.5) is 0 Å². The van der Waals surface area contributed by atoms with Crippen molar-refractivity contribution in [3.05, 3.63) is 0 Å². The molecule has 1 saturated heterocycles. The second-order valence-electron chi connectivity index (χ2n) is 5.37. The molecule has 1 unspecified atom stereocenters. The lowest BCUT2D eigenvalue weighted by atomic mass is 9.80. The van der Waals surface area contributed by atoms with E-state index in [0.29, 0.717) is 26.3 Å². The summed E-state index contributed by atoms with van der Waals surface area (Å²) in [6.45, 7) is 8.01. The van der Waals surface area contributed by atoms with Crippen molar-refractivity contribution in [1.29, 1.82) is 0 Å². The molecule has 0 aromatic carbocycles. The van der Waals surface area contributed by atoms with Gasteiger partial charge in [-0.1, -0.05) is 26.7 Å². The van der Waals surface area contributed by atoms with Crippen molar-refractivity contribution in [2.45, 2.75) is 20.8 Å². The molecule has 2 N–H and O–H groups in total. The Bertz CT molecular complexity index is 381. The summed E-state index contributed by atoms with van der Waals surface area (Å²) >= 11 is 0. The van der Waals surface area contributed by atoms with Crippen LogP contribution in [-0.2, 0) is 14.3 Å². The van der Waals surface area contributed by atoms with Gasteiger partial charge in [0.15, 0.2) is 0 Å². The highest BCUT2D eigenvalue weighted by atomic mass is 16.5. The molecule has 0 aliphatic carbocycles. The third-order valence-corrected chi connectivity index (χ3v) is 2.78. The number of amides is 2. The lowest BCUT2D eigenvalue weighted by Gasteiger charge is -2.33. The van der Waals surface area contributed by atoms with Crippen LogP contribution in [-0.4, -0.2) is 43.0 Å². The van der Waals surface area contributed by atoms with Crippen LogP contribution in [0.15, 0.2) is 0 Å². The average Bonchev–Trinajstić information content (AvgIpc) is 2.28. The summed E-state index contributed by atoms with van der Waals surface area (Å²) in [6, 6.07) is 0. The summed E-state index contributed by atoms with van der Waals surface area (Å²) < 4.78 is 5.21. The van der Waals surface area contributed by atoms with Crippen molar-refractivity contribution in [3.8, 4) is 11.8 Å². The van der Waals surface area contributed by atoms with E-state index < -0.39 is 11.8 Å². The van der Waals surface area contributed by atoms with E-state index in [1.165, 1.54) is 0 Å². The first kappa shape index (κ1) is 14.5. The Hall–Kier alpha value is -1.54. The first-order valence-electron chi connectivity index (χ1n) is 6.00. The highest BCUT2D eigenvalue weighted by Gasteiger charge is 2.33. The predicted octanol–water partition coefficient (Wildman–Crippen LogP) is -0.00380. The minimum atomic E-state index is -0.709. The number of nitrogens with two attached hydrogens (primary N) is 1. The Balaban J connectivity index is 2.86. The maximum atomic E-state index is 12.4. The number of nitrogens with zero attached hydrogens (tertiary/aromatic N) is 1. The molecule has 1 heterocycles. The van der Waals surface area contributed by atoms with Crippen LogP contribution in [0.1, 0.15) is 20.8 Å². The molecule has 2 amide bonds. The zero-order valence-electron chi connectivity index (χ0n) is 11.2. The third kappa shape index (κ3) is 4.04. The highest BCUT2D eigenvalue weighted by Crippen LogP contribution is 2.27. The number of carbonyl (C=O) groups is 2. The Morgan fingerprint density at radius 3 is 2.28 bits per heavy atom. The number of hydrogen-bond acceptors (Lipinski definition) is 3. The minimum absolute atomic E-state index is 0.0560. The topological polar surface area (TPSA) is 72.6 Å². The molecule has 5 heteroatoms. The van der Waals surface area contributed by atoms with Gasteiger partial charge in [0.05, 0.1) is 13.2 Å². The lowest BCUT2D eigenvalue weighted by molar-refractivity contribution is -0.140. The summed E-state index contributed by atoms with van der Waals surface area (Å²) in [4.78, 5) is 24.8. The molecule has 1 aliphatic rings. The van der Waals surface area contributed by atoms with Gasteiger partial charge < -0.3 is 15.4 Å². The number of primary amides is 1. The predicted molar refractivity (Wildman–Crippen MR) is 67.3 cm³/mol. The van der Waals surface area contributed by atoms with Crippen LogP contribution >= 0.6 is 0 Å². The van der Waals surface area contributed by atoms with E-state index in [2.05, 4.69) is 11.8 Å². The molecule has 0 radical (unpaired) electrons. The largest absolute Gasteiger partial charge is 0.378 e. The van der Waals surface area contributed by atoms with E-state index >= 15 is 0 Å². The number of morpholine rings is 1. The molecule has 100 valence electrons. The van der Waals surface area contributed by atoms with Gasteiger partial charge in [-0.15, -0.1) is 0 Å². The van der Waals surface area contributed by atoms with Gasteiger partial charge in [-0.05, 0) is 11.3 Å². The molecule has 0 aromatic rings. The SMILES string of the molecule is CC(C)(C)C(C#CC(N)=O)C(=O)N1CCOCC1. The summed E-state index contributed by atoms with van der Waals surface area (Å²) in [5, 5.41) is 0.